The van der Waals surface area contributed by atoms with Gasteiger partial charge in [0.15, 0.2) is 0 Å². The molecule has 0 bridgehead atoms. The van der Waals surface area contributed by atoms with Gasteiger partial charge >= 0.3 is 0 Å². The zero-order valence-corrected chi connectivity index (χ0v) is 11.2. The SMILES string of the molecule is CCCCCC/C=C1\C=C(CCCC)CC1. The van der Waals surface area contributed by atoms with E-state index in [9.17, 15) is 0 Å². The fourth-order valence-corrected chi connectivity index (χ4v) is 2.33. The number of allylic oxidation sites excluding steroid dienone is 4. The van der Waals surface area contributed by atoms with Gasteiger partial charge in [-0.1, -0.05) is 62.8 Å². The lowest BCUT2D eigenvalue weighted by molar-refractivity contribution is 0.673. The normalized spacial score (nSPS) is 18.1. The average Bonchev–Trinajstić information content (AvgIpc) is 2.74. The smallest absolute Gasteiger partial charge is 0.0245 e. The first-order chi connectivity index (χ1) is 7.86. The second-order valence-corrected chi connectivity index (χ2v) is 5.03. The number of unbranched alkanes of at least 4 members (excludes halogenated alkanes) is 5. The first kappa shape index (κ1) is 13.5. The van der Waals surface area contributed by atoms with Crippen LogP contribution in [0.3, 0.4) is 0 Å². The molecule has 0 unspecified atom stereocenters. The highest BCUT2D eigenvalue weighted by Gasteiger charge is 2.07. The molecule has 0 radical (unpaired) electrons. The van der Waals surface area contributed by atoms with Gasteiger partial charge in [-0.05, 0) is 38.5 Å². The van der Waals surface area contributed by atoms with E-state index < -0.39 is 0 Å². The number of hydrogen-bond acceptors (Lipinski definition) is 0. The summed E-state index contributed by atoms with van der Waals surface area (Å²) < 4.78 is 0. The monoisotopic (exact) mass is 220 g/mol. The third kappa shape index (κ3) is 5.53. The lowest BCUT2D eigenvalue weighted by Crippen LogP contribution is -1.76. The summed E-state index contributed by atoms with van der Waals surface area (Å²) in [7, 11) is 0. The van der Waals surface area contributed by atoms with E-state index in [0.29, 0.717) is 0 Å². The van der Waals surface area contributed by atoms with E-state index in [2.05, 4.69) is 26.0 Å². The lowest BCUT2D eigenvalue weighted by atomic mass is 10.1. The maximum Gasteiger partial charge on any atom is -0.0245 e. The standard InChI is InChI=1S/C16H28/c1-3-5-7-8-9-11-16-13-12-15(14-16)10-6-4-2/h11,14H,3-10,12-13H2,1-2H3/b16-11-. The average molecular weight is 220 g/mol. The zero-order valence-electron chi connectivity index (χ0n) is 11.2. The molecule has 92 valence electrons. The predicted octanol–water partition coefficient (Wildman–Crippen LogP) is 5.79. The van der Waals surface area contributed by atoms with Gasteiger partial charge in [-0.25, -0.2) is 0 Å². The Kier molecular flexibility index (Phi) is 7.29. The first-order valence-electron chi connectivity index (χ1n) is 7.25. The minimum absolute atomic E-state index is 1.30. The lowest BCUT2D eigenvalue weighted by Gasteiger charge is -1.96. The molecule has 0 amide bonds. The van der Waals surface area contributed by atoms with Gasteiger partial charge in [0.1, 0.15) is 0 Å². The maximum atomic E-state index is 2.48. The summed E-state index contributed by atoms with van der Waals surface area (Å²) in [6.07, 6.45) is 18.5. The van der Waals surface area contributed by atoms with Crippen molar-refractivity contribution in [2.45, 2.75) is 78.1 Å². The summed E-state index contributed by atoms with van der Waals surface area (Å²) in [5.41, 5.74) is 3.31. The molecule has 0 saturated carbocycles. The van der Waals surface area contributed by atoms with Crippen molar-refractivity contribution in [3.05, 3.63) is 23.3 Å². The van der Waals surface area contributed by atoms with Gasteiger partial charge < -0.3 is 0 Å². The van der Waals surface area contributed by atoms with Crippen molar-refractivity contribution < 1.29 is 0 Å². The fraction of sp³-hybridized carbons (Fsp3) is 0.750. The fourth-order valence-electron chi connectivity index (χ4n) is 2.33. The van der Waals surface area contributed by atoms with E-state index in [1.165, 1.54) is 64.2 Å². The minimum atomic E-state index is 1.30. The van der Waals surface area contributed by atoms with Crippen LogP contribution in [-0.4, -0.2) is 0 Å². The van der Waals surface area contributed by atoms with Gasteiger partial charge in [0.05, 0.1) is 0 Å². The highest BCUT2D eigenvalue weighted by Crippen LogP contribution is 2.27. The van der Waals surface area contributed by atoms with Crippen molar-refractivity contribution in [1.82, 2.24) is 0 Å². The van der Waals surface area contributed by atoms with Crippen molar-refractivity contribution in [1.29, 1.82) is 0 Å². The number of hydrogen-bond donors (Lipinski definition) is 0. The molecular weight excluding hydrogens is 192 g/mol. The molecule has 1 aliphatic rings. The van der Waals surface area contributed by atoms with Gasteiger partial charge in [0.25, 0.3) is 0 Å². The highest BCUT2D eigenvalue weighted by molar-refractivity contribution is 5.30. The van der Waals surface area contributed by atoms with Crippen molar-refractivity contribution >= 4 is 0 Å². The largest absolute Gasteiger partial charge is 0.0813 e. The molecule has 0 aromatic heterocycles. The molecule has 0 nitrogen and oxygen atoms in total. The molecule has 0 heterocycles. The van der Waals surface area contributed by atoms with Crippen LogP contribution in [0.5, 0.6) is 0 Å². The van der Waals surface area contributed by atoms with E-state index in [1.807, 2.05) is 0 Å². The van der Waals surface area contributed by atoms with Gasteiger partial charge in [-0.15, -0.1) is 0 Å². The minimum Gasteiger partial charge on any atom is -0.0813 e. The van der Waals surface area contributed by atoms with E-state index in [1.54, 1.807) is 11.1 Å². The Morgan fingerprint density at radius 3 is 2.56 bits per heavy atom. The number of rotatable bonds is 8. The van der Waals surface area contributed by atoms with Gasteiger partial charge in [-0.3, -0.25) is 0 Å². The molecule has 0 spiro atoms. The second kappa shape index (κ2) is 8.61. The molecule has 0 aromatic rings. The summed E-state index contributed by atoms with van der Waals surface area (Å²) in [6, 6.07) is 0. The maximum absolute atomic E-state index is 2.48. The van der Waals surface area contributed by atoms with E-state index in [0.717, 1.165) is 0 Å². The Labute approximate surface area is 102 Å². The quantitative estimate of drug-likeness (QED) is 0.454. The van der Waals surface area contributed by atoms with Crippen LogP contribution in [0.4, 0.5) is 0 Å². The Bertz CT molecular complexity index is 232. The molecule has 0 atom stereocenters. The topological polar surface area (TPSA) is 0 Å². The summed E-state index contributed by atoms with van der Waals surface area (Å²) in [6.45, 7) is 4.55. The summed E-state index contributed by atoms with van der Waals surface area (Å²) in [4.78, 5) is 0. The molecule has 16 heavy (non-hydrogen) atoms. The first-order valence-corrected chi connectivity index (χ1v) is 7.25. The van der Waals surface area contributed by atoms with Gasteiger partial charge in [0.2, 0.25) is 0 Å². The molecule has 0 heteroatoms. The van der Waals surface area contributed by atoms with Crippen molar-refractivity contribution in [2.24, 2.45) is 0 Å². The van der Waals surface area contributed by atoms with Crippen LogP contribution in [-0.2, 0) is 0 Å². The van der Waals surface area contributed by atoms with Gasteiger partial charge in [-0.2, -0.15) is 0 Å². The molecule has 0 aromatic carbocycles. The molecule has 0 aliphatic heterocycles. The van der Waals surface area contributed by atoms with Crippen LogP contribution < -0.4 is 0 Å². The third-order valence-electron chi connectivity index (χ3n) is 3.44. The predicted molar refractivity (Wildman–Crippen MR) is 73.7 cm³/mol. The van der Waals surface area contributed by atoms with E-state index in [-0.39, 0.29) is 0 Å². The molecule has 0 N–H and O–H groups in total. The van der Waals surface area contributed by atoms with E-state index >= 15 is 0 Å². The van der Waals surface area contributed by atoms with E-state index in [4.69, 9.17) is 0 Å². The Balaban J connectivity index is 2.17. The van der Waals surface area contributed by atoms with Crippen molar-refractivity contribution in [2.75, 3.05) is 0 Å². The second-order valence-electron chi connectivity index (χ2n) is 5.03. The van der Waals surface area contributed by atoms with Crippen LogP contribution in [0.25, 0.3) is 0 Å². The summed E-state index contributed by atoms with van der Waals surface area (Å²) in [5.74, 6) is 0. The highest BCUT2D eigenvalue weighted by atomic mass is 14.1. The molecule has 1 rings (SSSR count). The van der Waals surface area contributed by atoms with Crippen LogP contribution in [0.15, 0.2) is 23.3 Å². The molecule has 0 fully saturated rings. The Morgan fingerprint density at radius 1 is 1.00 bits per heavy atom. The Morgan fingerprint density at radius 2 is 1.81 bits per heavy atom. The zero-order chi connectivity index (χ0) is 11.6. The van der Waals surface area contributed by atoms with Crippen LogP contribution in [0.2, 0.25) is 0 Å². The third-order valence-corrected chi connectivity index (χ3v) is 3.44. The molecule has 0 saturated heterocycles. The van der Waals surface area contributed by atoms with Gasteiger partial charge in [0, 0.05) is 0 Å². The van der Waals surface area contributed by atoms with Crippen molar-refractivity contribution in [3.63, 3.8) is 0 Å². The van der Waals surface area contributed by atoms with Crippen LogP contribution >= 0.6 is 0 Å². The van der Waals surface area contributed by atoms with Crippen LogP contribution in [0, 0.1) is 0 Å². The molecular formula is C16H28. The molecule has 1 aliphatic carbocycles. The summed E-state index contributed by atoms with van der Waals surface area (Å²) in [5, 5.41) is 0. The summed E-state index contributed by atoms with van der Waals surface area (Å²) >= 11 is 0. The Hall–Kier alpha value is -0.520. The van der Waals surface area contributed by atoms with Crippen molar-refractivity contribution in [3.8, 4) is 0 Å². The van der Waals surface area contributed by atoms with Crippen LogP contribution in [0.1, 0.15) is 78.1 Å².